The molecule has 174 valence electrons. The summed E-state index contributed by atoms with van der Waals surface area (Å²) in [5, 5.41) is 12.0. The van der Waals surface area contributed by atoms with Crippen molar-refractivity contribution in [2.45, 2.75) is 59.9 Å². The van der Waals surface area contributed by atoms with Crippen LogP contribution in [0, 0.1) is 12.3 Å². The number of aromatic nitrogens is 2. The highest BCUT2D eigenvalue weighted by molar-refractivity contribution is 5.97. The van der Waals surface area contributed by atoms with E-state index in [4.69, 9.17) is 10.5 Å². The van der Waals surface area contributed by atoms with Crippen LogP contribution in [0.5, 0.6) is 0 Å². The zero-order chi connectivity index (χ0) is 22.4. The number of amides is 2. The number of benzene rings is 1. The Labute approximate surface area is 191 Å². The number of rotatable bonds is 10. The highest BCUT2D eigenvalue weighted by atomic mass is 16.2. The molecule has 3 rings (SSSR count). The molecule has 1 aliphatic heterocycles. The number of carbonyl (C=O) groups is 2. The molecule has 1 aromatic heterocycles. The fourth-order valence-corrected chi connectivity index (χ4v) is 4.01. The minimum absolute atomic E-state index is 0. The van der Waals surface area contributed by atoms with Crippen LogP contribution in [0.4, 0.5) is 0 Å². The molecule has 32 heavy (non-hydrogen) atoms. The monoisotopic (exact) mass is 439 g/mol. The molecule has 2 heterocycles. The van der Waals surface area contributed by atoms with Crippen LogP contribution >= 0.6 is 0 Å². The Bertz CT molecular complexity index is 919. The minimum atomic E-state index is -0.143. The summed E-state index contributed by atoms with van der Waals surface area (Å²) in [5.74, 6) is -0.214. The lowest BCUT2D eigenvalue weighted by Crippen LogP contribution is -2.48. The maximum atomic E-state index is 13.3. The molecular formula is C25H37N5O2. The number of unbranched alkanes of at least 4 members (excludes halogenated alkanes) is 1. The molecule has 0 spiro atoms. The Balaban J connectivity index is 0.00000363. The topological polar surface area (TPSA) is 82.3 Å². The molecule has 7 heteroatoms. The smallest absolute Gasteiger partial charge is 0.272 e. The SMILES string of the molecule is C.CCCCC1CN(CC(=O)N(CC)CCC=N)C(=O)c2cc(-c3ccc(C)cc3)nn21. The molecule has 0 saturated carbocycles. The second-order valence-corrected chi connectivity index (χ2v) is 8.17. The van der Waals surface area contributed by atoms with Gasteiger partial charge in [-0.3, -0.25) is 14.3 Å². The molecule has 0 aliphatic carbocycles. The highest BCUT2D eigenvalue weighted by Crippen LogP contribution is 2.29. The second kappa shape index (κ2) is 11.6. The lowest BCUT2D eigenvalue weighted by molar-refractivity contribution is -0.131. The first kappa shape index (κ1) is 25.3. The van der Waals surface area contributed by atoms with E-state index < -0.39 is 0 Å². The second-order valence-electron chi connectivity index (χ2n) is 8.17. The van der Waals surface area contributed by atoms with Gasteiger partial charge in [0, 0.05) is 25.2 Å². The molecule has 1 aromatic carbocycles. The fraction of sp³-hybridized carbons (Fsp3) is 0.520. The first-order valence-electron chi connectivity index (χ1n) is 11.2. The van der Waals surface area contributed by atoms with Crippen molar-refractivity contribution in [1.82, 2.24) is 19.6 Å². The zero-order valence-corrected chi connectivity index (χ0v) is 18.8. The Kier molecular flexibility index (Phi) is 9.17. The van der Waals surface area contributed by atoms with Gasteiger partial charge in [-0.25, -0.2) is 0 Å². The standard InChI is InChI=1S/C24H33N5O2.CH4/c1-4-6-8-20-16-28(17-23(30)27(5-2)14-7-13-25)24(31)22-15-21(26-29(20)22)19-11-9-18(3)10-12-19;/h9-13,15,20,25H,4-8,14,16-17H2,1-3H3;1H4. The van der Waals surface area contributed by atoms with Crippen LogP contribution in [0.25, 0.3) is 11.3 Å². The molecule has 2 amide bonds. The first-order valence-corrected chi connectivity index (χ1v) is 11.2. The summed E-state index contributed by atoms with van der Waals surface area (Å²) in [6, 6.07) is 10.1. The number of carbonyl (C=O) groups excluding carboxylic acids is 2. The number of nitrogens with zero attached hydrogens (tertiary/aromatic N) is 4. The first-order chi connectivity index (χ1) is 15.0. The molecule has 0 saturated heterocycles. The number of nitrogens with one attached hydrogen (secondary N) is 1. The van der Waals surface area contributed by atoms with Crippen LogP contribution in [-0.4, -0.2) is 63.8 Å². The fourth-order valence-electron chi connectivity index (χ4n) is 4.01. The Morgan fingerprint density at radius 2 is 2.00 bits per heavy atom. The summed E-state index contributed by atoms with van der Waals surface area (Å²) in [4.78, 5) is 29.5. The lowest BCUT2D eigenvalue weighted by Gasteiger charge is -2.34. The summed E-state index contributed by atoms with van der Waals surface area (Å²) < 4.78 is 1.88. The van der Waals surface area contributed by atoms with Crippen LogP contribution in [0.3, 0.4) is 0 Å². The van der Waals surface area contributed by atoms with Gasteiger partial charge in [0.25, 0.3) is 5.91 Å². The van der Waals surface area contributed by atoms with E-state index in [0.29, 0.717) is 31.7 Å². The van der Waals surface area contributed by atoms with Crippen molar-refractivity contribution in [3.63, 3.8) is 0 Å². The van der Waals surface area contributed by atoms with E-state index in [1.54, 1.807) is 9.80 Å². The molecule has 0 bridgehead atoms. The Morgan fingerprint density at radius 1 is 1.28 bits per heavy atom. The van der Waals surface area contributed by atoms with E-state index in [-0.39, 0.29) is 31.8 Å². The van der Waals surface area contributed by atoms with Gasteiger partial charge < -0.3 is 15.2 Å². The zero-order valence-electron chi connectivity index (χ0n) is 18.8. The van der Waals surface area contributed by atoms with Crippen LogP contribution < -0.4 is 0 Å². The molecule has 7 nitrogen and oxygen atoms in total. The van der Waals surface area contributed by atoms with Crippen LogP contribution in [0.2, 0.25) is 0 Å². The molecule has 2 aromatic rings. The van der Waals surface area contributed by atoms with Gasteiger partial charge >= 0.3 is 0 Å². The molecule has 1 aliphatic rings. The van der Waals surface area contributed by atoms with Crippen molar-refractivity contribution in [3.05, 3.63) is 41.6 Å². The quantitative estimate of drug-likeness (QED) is 0.551. The van der Waals surface area contributed by atoms with Crippen LogP contribution in [0.1, 0.15) is 69.1 Å². The third-order valence-electron chi connectivity index (χ3n) is 5.86. The predicted octanol–water partition coefficient (Wildman–Crippen LogP) is 4.57. The van der Waals surface area contributed by atoms with Crippen LogP contribution in [-0.2, 0) is 4.79 Å². The maximum absolute atomic E-state index is 13.3. The van der Waals surface area contributed by atoms with Gasteiger partial charge in [-0.2, -0.15) is 5.10 Å². The summed E-state index contributed by atoms with van der Waals surface area (Å²) in [5.41, 5.74) is 3.51. The van der Waals surface area contributed by atoms with E-state index in [9.17, 15) is 9.59 Å². The average Bonchev–Trinajstić information content (AvgIpc) is 3.22. The number of hydrogen-bond donors (Lipinski definition) is 1. The summed E-state index contributed by atoms with van der Waals surface area (Å²) in [7, 11) is 0. The van der Waals surface area contributed by atoms with Crippen molar-refractivity contribution in [2.24, 2.45) is 0 Å². The van der Waals surface area contributed by atoms with Crippen molar-refractivity contribution < 1.29 is 9.59 Å². The van der Waals surface area contributed by atoms with Crippen molar-refractivity contribution in [1.29, 1.82) is 5.41 Å². The predicted molar refractivity (Wildman–Crippen MR) is 129 cm³/mol. The van der Waals surface area contributed by atoms with Crippen LogP contribution in [0.15, 0.2) is 30.3 Å². The molecular weight excluding hydrogens is 402 g/mol. The van der Waals surface area contributed by atoms with Gasteiger partial charge in [0.05, 0.1) is 11.7 Å². The normalized spacial score (nSPS) is 15.2. The van der Waals surface area contributed by atoms with Gasteiger partial charge in [0.15, 0.2) is 0 Å². The largest absolute Gasteiger partial charge is 0.341 e. The number of fused-ring (bicyclic) bond motifs is 1. The van der Waals surface area contributed by atoms with Gasteiger partial charge in [0.2, 0.25) is 5.91 Å². The number of likely N-dealkylation sites (N-methyl/N-ethyl adjacent to an activating group) is 1. The summed E-state index contributed by atoms with van der Waals surface area (Å²) in [6.07, 6.45) is 4.87. The summed E-state index contributed by atoms with van der Waals surface area (Å²) in [6.45, 7) is 7.77. The van der Waals surface area contributed by atoms with Gasteiger partial charge in [-0.15, -0.1) is 0 Å². The van der Waals surface area contributed by atoms with E-state index >= 15 is 0 Å². The van der Waals surface area contributed by atoms with E-state index in [0.717, 1.165) is 30.5 Å². The molecule has 0 fully saturated rings. The summed E-state index contributed by atoms with van der Waals surface area (Å²) >= 11 is 0. The Morgan fingerprint density at radius 3 is 2.62 bits per heavy atom. The highest BCUT2D eigenvalue weighted by Gasteiger charge is 2.34. The Hall–Kier alpha value is -2.96. The molecule has 0 radical (unpaired) electrons. The van der Waals surface area contributed by atoms with Gasteiger partial charge in [-0.05, 0) is 39.0 Å². The van der Waals surface area contributed by atoms with Gasteiger partial charge in [-0.1, -0.05) is 57.0 Å². The van der Waals surface area contributed by atoms with E-state index in [1.807, 2.05) is 48.9 Å². The third-order valence-corrected chi connectivity index (χ3v) is 5.86. The lowest BCUT2D eigenvalue weighted by atomic mass is 10.1. The van der Waals surface area contributed by atoms with Crippen molar-refractivity contribution in [2.75, 3.05) is 26.2 Å². The average molecular weight is 440 g/mol. The van der Waals surface area contributed by atoms with Gasteiger partial charge in [0.1, 0.15) is 12.2 Å². The minimum Gasteiger partial charge on any atom is -0.341 e. The van der Waals surface area contributed by atoms with E-state index in [2.05, 4.69) is 6.92 Å². The molecule has 1 atom stereocenters. The number of hydrogen-bond acceptors (Lipinski definition) is 4. The van der Waals surface area contributed by atoms with Crippen molar-refractivity contribution >= 4 is 18.0 Å². The maximum Gasteiger partial charge on any atom is 0.272 e. The third kappa shape index (κ3) is 5.64. The van der Waals surface area contributed by atoms with E-state index in [1.165, 1.54) is 11.8 Å². The molecule has 1 N–H and O–H groups in total. The molecule has 1 unspecified atom stereocenters. The number of aryl methyl sites for hydroxylation is 1. The van der Waals surface area contributed by atoms with Crippen molar-refractivity contribution in [3.8, 4) is 11.3 Å².